The van der Waals surface area contributed by atoms with Crippen molar-refractivity contribution in [2.45, 2.75) is 38.9 Å². The second-order valence-corrected chi connectivity index (χ2v) is 5.50. The lowest BCUT2D eigenvalue weighted by Gasteiger charge is -2.25. The molecule has 0 aliphatic rings. The molecule has 112 valence electrons. The van der Waals surface area contributed by atoms with Gasteiger partial charge in [0, 0.05) is 0 Å². The first-order valence-electron chi connectivity index (χ1n) is 7.68. The molecule has 2 unspecified atom stereocenters. The third-order valence-electron chi connectivity index (χ3n) is 4.21. The summed E-state index contributed by atoms with van der Waals surface area (Å²) in [4.78, 5) is 0. The van der Waals surface area contributed by atoms with E-state index in [0.717, 1.165) is 29.5 Å². The lowest BCUT2D eigenvalue weighted by molar-refractivity contribution is -0.0209. The zero-order valence-electron chi connectivity index (χ0n) is 12.7. The summed E-state index contributed by atoms with van der Waals surface area (Å²) in [6.45, 7) is 4.09. The van der Waals surface area contributed by atoms with Crippen LogP contribution in [0.5, 0.6) is 0 Å². The van der Waals surface area contributed by atoms with Crippen molar-refractivity contribution in [3.8, 4) is 11.1 Å². The second kappa shape index (κ2) is 7.39. The molecule has 21 heavy (non-hydrogen) atoms. The summed E-state index contributed by atoms with van der Waals surface area (Å²) >= 11 is 0. The van der Waals surface area contributed by atoms with Gasteiger partial charge in [-0.15, -0.1) is 0 Å². The van der Waals surface area contributed by atoms with Crippen molar-refractivity contribution in [1.29, 1.82) is 0 Å². The summed E-state index contributed by atoms with van der Waals surface area (Å²) < 4.78 is 0. The van der Waals surface area contributed by atoms with E-state index < -0.39 is 12.2 Å². The summed E-state index contributed by atoms with van der Waals surface area (Å²) in [5.41, 5.74) is 3.04. The molecule has 0 fully saturated rings. The van der Waals surface area contributed by atoms with Crippen LogP contribution in [-0.4, -0.2) is 16.3 Å². The molecule has 2 N–H and O–H groups in total. The number of benzene rings is 2. The van der Waals surface area contributed by atoms with Crippen molar-refractivity contribution in [2.24, 2.45) is 5.92 Å². The largest absolute Gasteiger partial charge is 0.390 e. The first kappa shape index (κ1) is 15.7. The fourth-order valence-corrected chi connectivity index (χ4v) is 2.73. The number of hydrogen-bond donors (Lipinski definition) is 2. The molecule has 0 aromatic heterocycles. The molecule has 2 nitrogen and oxygen atoms in total. The van der Waals surface area contributed by atoms with Gasteiger partial charge in [0.05, 0.1) is 6.10 Å². The van der Waals surface area contributed by atoms with Crippen LogP contribution >= 0.6 is 0 Å². The van der Waals surface area contributed by atoms with Crippen molar-refractivity contribution in [2.75, 3.05) is 0 Å². The standard InChI is InChI=1S/C19H24O2/c1-3-14(4-2)18(20)19(21)17-12-10-16(11-13-17)15-8-6-5-7-9-15/h5-14,18-21H,3-4H2,1-2H3. The molecular formula is C19H24O2. The number of aliphatic hydroxyl groups is 2. The van der Waals surface area contributed by atoms with Crippen molar-refractivity contribution in [3.63, 3.8) is 0 Å². The first-order chi connectivity index (χ1) is 10.2. The average molecular weight is 284 g/mol. The van der Waals surface area contributed by atoms with E-state index in [0.29, 0.717) is 0 Å². The Balaban J connectivity index is 2.15. The maximum atomic E-state index is 10.3. The van der Waals surface area contributed by atoms with E-state index in [1.807, 2.05) is 56.3 Å². The maximum Gasteiger partial charge on any atom is 0.105 e. The van der Waals surface area contributed by atoms with Gasteiger partial charge in [0.25, 0.3) is 0 Å². The third kappa shape index (κ3) is 3.72. The molecule has 2 aromatic rings. The Labute approximate surface area is 127 Å². The number of rotatable bonds is 6. The Bertz CT molecular complexity index is 529. The highest BCUT2D eigenvalue weighted by Gasteiger charge is 2.24. The fraction of sp³-hybridized carbons (Fsp3) is 0.368. The molecule has 0 aliphatic carbocycles. The zero-order chi connectivity index (χ0) is 15.2. The molecular weight excluding hydrogens is 260 g/mol. The highest BCUT2D eigenvalue weighted by Crippen LogP contribution is 2.27. The van der Waals surface area contributed by atoms with E-state index in [1.54, 1.807) is 0 Å². The molecule has 2 heteroatoms. The van der Waals surface area contributed by atoms with E-state index in [1.165, 1.54) is 0 Å². The van der Waals surface area contributed by atoms with Gasteiger partial charge in [-0.25, -0.2) is 0 Å². The SMILES string of the molecule is CCC(CC)C(O)C(O)c1ccc(-c2ccccc2)cc1. The lowest BCUT2D eigenvalue weighted by atomic mass is 9.89. The molecule has 0 saturated heterocycles. The van der Waals surface area contributed by atoms with E-state index in [-0.39, 0.29) is 5.92 Å². The van der Waals surface area contributed by atoms with Crippen LogP contribution < -0.4 is 0 Å². The van der Waals surface area contributed by atoms with E-state index in [2.05, 4.69) is 12.1 Å². The van der Waals surface area contributed by atoms with Crippen LogP contribution in [0.3, 0.4) is 0 Å². The van der Waals surface area contributed by atoms with Crippen molar-refractivity contribution in [3.05, 3.63) is 60.2 Å². The van der Waals surface area contributed by atoms with E-state index in [9.17, 15) is 10.2 Å². The van der Waals surface area contributed by atoms with Gasteiger partial charge >= 0.3 is 0 Å². The van der Waals surface area contributed by atoms with Gasteiger partial charge in [0.15, 0.2) is 0 Å². The van der Waals surface area contributed by atoms with Crippen LogP contribution in [0.25, 0.3) is 11.1 Å². The van der Waals surface area contributed by atoms with E-state index >= 15 is 0 Å². The normalized spacial score (nSPS) is 14.1. The Morgan fingerprint density at radius 1 is 0.762 bits per heavy atom. The molecule has 2 aromatic carbocycles. The molecule has 0 amide bonds. The van der Waals surface area contributed by atoms with Gasteiger partial charge in [0.2, 0.25) is 0 Å². The zero-order valence-corrected chi connectivity index (χ0v) is 12.7. The summed E-state index contributed by atoms with van der Waals surface area (Å²) in [5, 5.41) is 20.6. The quantitative estimate of drug-likeness (QED) is 0.835. The maximum absolute atomic E-state index is 10.3. The van der Waals surface area contributed by atoms with Gasteiger partial charge in [-0.3, -0.25) is 0 Å². The van der Waals surface area contributed by atoms with Crippen molar-refractivity contribution in [1.82, 2.24) is 0 Å². The minimum absolute atomic E-state index is 0.133. The predicted molar refractivity (Wildman–Crippen MR) is 86.9 cm³/mol. The van der Waals surface area contributed by atoms with Crippen molar-refractivity contribution >= 4 is 0 Å². The Hall–Kier alpha value is -1.64. The van der Waals surface area contributed by atoms with Crippen LogP contribution in [0.2, 0.25) is 0 Å². The third-order valence-corrected chi connectivity index (χ3v) is 4.21. The van der Waals surface area contributed by atoms with Crippen molar-refractivity contribution < 1.29 is 10.2 Å². The van der Waals surface area contributed by atoms with Crippen LogP contribution in [-0.2, 0) is 0 Å². The predicted octanol–water partition coefficient (Wildman–Crippen LogP) is 4.18. The molecule has 0 bridgehead atoms. The highest BCUT2D eigenvalue weighted by molar-refractivity contribution is 5.63. The van der Waals surface area contributed by atoms with Crippen LogP contribution in [0.4, 0.5) is 0 Å². The number of aliphatic hydroxyl groups excluding tert-OH is 2. The van der Waals surface area contributed by atoms with Gasteiger partial charge in [0.1, 0.15) is 6.10 Å². The molecule has 0 spiro atoms. The second-order valence-electron chi connectivity index (χ2n) is 5.50. The van der Waals surface area contributed by atoms with Gasteiger partial charge in [-0.1, -0.05) is 81.3 Å². The molecule has 0 heterocycles. The van der Waals surface area contributed by atoms with Gasteiger partial charge < -0.3 is 10.2 Å². The molecule has 2 atom stereocenters. The van der Waals surface area contributed by atoms with Gasteiger partial charge in [-0.05, 0) is 22.6 Å². The van der Waals surface area contributed by atoms with Gasteiger partial charge in [-0.2, -0.15) is 0 Å². The Morgan fingerprint density at radius 2 is 1.29 bits per heavy atom. The van der Waals surface area contributed by atoms with Crippen LogP contribution in [0.15, 0.2) is 54.6 Å². The lowest BCUT2D eigenvalue weighted by Crippen LogP contribution is -2.27. The fourth-order valence-electron chi connectivity index (χ4n) is 2.73. The Kier molecular flexibility index (Phi) is 5.54. The molecule has 0 aliphatic heterocycles. The smallest absolute Gasteiger partial charge is 0.105 e. The van der Waals surface area contributed by atoms with E-state index in [4.69, 9.17) is 0 Å². The topological polar surface area (TPSA) is 40.5 Å². The summed E-state index contributed by atoms with van der Waals surface area (Å²) in [6.07, 6.45) is 0.218. The minimum atomic E-state index is -0.820. The average Bonchev–Trinajstić information content (AvgIpc) is 2.56. The minimum Gasteiger partial charge on any atom is -0.390 e. The molecule has 0 radical (unpaired) electrons. The summed E-state index contributed by atoms with van der Waals surface area (Å²) in [5.74, 6) is 0.133. The first-order valence-corrected chi connectivity index (χ1v) is 7.68. The molecule has 2 rings (SSSR count). The Morgan fingerprint density at radius 3 is 1.81 bits per heavy atom. The highest BCUT2D eigenvalue weighted by atomic mass is 16.3. The molecule has 0 saturated carbocycles. The monoisotopic (exact) mass is 284 g/mol. The van der Waals surface area contributed by atoms with Crippen LogP contribution in [0.1, 0.15) is 38.4 Å². The summed E-state index contributed by atoms with van der Waals surface area (Å²) in [7, 11) is 0. The number of hydrogen-bond acceptors (Lipinski definition) is 2. The summed E-state index contributed by atoms with van der Waals surface area (Å²) in [6, 6.07) is 17.9. The van der Waals surface area contributed by atoms with Crippen LogP contribution in [0, 0.1) is 5.92 Å².